The molecule has 7 aromatic carbocycles. The van der Waals surface area contributed by atoms with Gasteiger partial charge in [0.05, 0.1) is 0 Å². The lowest BCUT2D eigenvalue weighted by molar-refractivity contribution is 0.660. The number of fused-ring (bicyclic) bond motifs is 6. The van der Waals surface area contributed by atoms with Crippen LogP contribution in [0.2, 0.25) is 0 Å². The standard InChI is InChI=1S/C52H41N/c1-52(2)50-23-12-11-20-46(50)47-31-29-41(34-51(47)52)53(39-26-24-36(25-27-39)35-14-5-3-6-15-35)40-28-30-45(48(33-40)37-16-7-4-8-17-37)44-22-13-21-43-42-19-10-9-18-38(42)32-49(43)44/h3-18,20-31,33-34,42H,19,32H2,1-2H3. The number of hydrogen-bond donors (Lipinski definition) is 0. The number of benzene rings is 7. The van der Waals surface area contributed by atoms with Crippen molar-refractivity contribution >= 4 is 17.1 Å². The second-order valence-corrected chi connectivity index (χ2v) is 15.3. The van der Waals surface area contributed by atoms with Crippen molar-refractivity contribution in [3.63, 3.8) is 0 Å². The van der Waals surface area contributed by atoms with Gasteiger partial charge >= 0.3 is 0 Å². The quantitative estimate of drug-likeness (QED) is 0.169. The number of anilines is 3. The zero-order chi connectivity index (χ0) is 35.5. The van der Waals surface area contributed by atoms with Gasteiger partial charge in [0, 0.05) is 28.4 Å². The molecule has 7 aromatic rings. The van der Waals surface area contributed by atoms with E-state index < -0.39 is 0 Å². The van der Waals surface area contributed by atoms with Gasteiger partial charge < -0.3 is 4.90 Å². The molecule has 0 radical (unpaired) electrons. The molecule has 0 aliphatic heterocycles. The first-order chi connectivity index (χ1) is 26.0. The SMILES string of the molecule is CC1(C)c2ccccc2-c2ccc(N(c3ccc(-c4ccccc4)cc3)c3ccc(-c4cccc5c4CC4=CC=CCC45)c(-c4ccccc4)c3)cc21. The molecule has 53 heavy (non-hydrogen) atoms. The molecule has 1 nitrogen and oxygen atoms in total. The number of nitrogens with zero attached hydrogens (tertiary/aromatic N) is 1. The van der Waals surface area contributed by atoms with E-state index in [4.69, 9.17) is 0 Å². The Morgan fingerprint density at radius 2 is 1.11 bits per heavy atom. The molecule has 0 fully saturated rings. The van der Waals surface area contributed by atoms with Crippen LogP contribution >= 0.6 is 0 Å². The third-order valence-electron chi connectivity index (χ3n) is 11.9. The molecule has 1 atom stereocenters. The molecule has 10 rings (SSSR count). The van der Waals surface area contributed by atoms with Crippen molar-refractivity contribution in [2.24, 2.45) is 0 Å². The summed E-state index contributed by atoms with van der Waals surface area (Å²) >= 11 is 0. The highest BCUT2D eigenvalue weighted by Gasteiger charge is 2.36. The summed E-state index contributed by atoms with van der Waals surface area (Å²) in [5.74, 6) is 0.499. The molecule has 0 bridgehead atoms. The molecule has 0 heterocycles. The van der Waals surface area contributed by atoms with Crippen LogP contribution in [0.1, 0.15) is 48.4 Å². The molecular weight excluding hydrogens is 639 g/mol. The summed E-state index contributed by atoms with van der Waals surface area (Å²) < 4.78 is 0. The van der Waals surface area contributed by atoms with Crippen molar-refractivity contribution in [3.8, 4) is 44.5 Å². The van der Waals surface area contributed by atoms with Crippen LogP contribution in [0.25, 0.3) is 44.5 Å². The number of hydrogen-bond acceptors (Lipinski definition) is 1. The van der Waals surface area contributed by atoms with Crippen LogP contribution in [0, 0.1) is 0 Å². The minimum Gasteiger partial charge on any atom is -0.310 e. The zero-order valence-corrected chi connectivity index (χ0v) is 30.3. The molecule has 0 aromatic heterocycles. The average molecular weight is 680 g/mol. The topological polar surface area (TPSA) is 3.24 Å². The van der Waals surface area contributed by atoms with E-state index in [-0.39, 0.29) is 5.41 Å². The fourth-order valence-corrected chi connectivity index (χ4v) is 9.24. The third kappa shape index (κ3) is 5.22. The van der Waals surface area contributed by atoms with Crippen molar-refractivity contribution in [2.45, 2.75) is 38.0 Å². The second-order valence-electron chi connectivity index (χ2n) is 15.3. The van der Waals surface area contributed by atoms with E-state index in [9.17, 15) is 0 Å². The van der Waals surface area contributed by atoms with Gasteiger partial charge in [-0.15, -0.1) is 0 Å². The Labute approximate surface area is 313 Å². The number of allylic oxidation sites excluding steroid dienone is 4. The van der Waals surface area contributed by atoms with Gasteiger partial charge in [0.2, 0.25) is 0 Å². The van der Waals surface area contributed by atoms with Gasteiger partial charge in [0.1, 0.15) is 0 Å². The highest BCUT2D eigenvalue weighted by molar-refractivity contribution is 5.92. The van der Waals surface area contributed by atoms with E-state index in [1.54, 1.807) is 5.57 Å². The van der Waals surface area contributed by atoms with Gasteiger partial charge in [-0.25, -0.2) is 0 Å². The van der Waals surface area contributed by atoms with Crippen LogP contribution in [-0.2, 0) is 11.8 Å². The molecular formula is C52H41N. The predicted octanol–water partition coefficient (Wildman–Crippen LogP) is 14.0. The lowest BCUT2D eigenvalue weighted by Crippen LogP contribution is -2.16. The van der Waals surface area contributed by atoms with E-state index in [2.05, 4.69) is 201 Å². The molecule has 0 amide bonds. The summed E-state index contributed by atoms with van der Waals surface area (Å²) in [4.78, 5) is 2.45. The van der Waals surface area contributed by atoms with E-state index in [0.29, 0.717) is 5.92 Å². The first-order valence-electron chi connectivity index (χ1n) is 18.9. The maximum Gasteiger partial charge on any atom is 0.0468 e. The summed E-state index contributed by atoms with van der Waals surface area (Å²) in [7, 11) is 0. The summed E-state index contributed by atoms with van der Waals surface area (Å²) in [6.07, 6.45) is 9.01. The highest BCUT2D eigenvalue weighted by atomic mass is 15.1. The Hall–Kier alpha value is -6.18. The summed E-state index contributed by atoms with van der Waals surface area (Å²) in [6, 6.07) is 60.7. The first kappa shape index (κ1) is 31.5. The minimum atomic E-state index is -0.0976. The Bertz CT molecular complexity index is 2570. The maximum absolute atomic E-state index is 2.45. The zero-order valence-electron chi connectivity index (χ0n) is 30.3. The summed E-state index contributed by atoms with van der Waals surface area (Å²) in [5, 5.41) is 0. The molecule has 0 spiro atoms. The highest BCUT2D eigenvalue weighted by Crippen LogP contribution is 2.52. The van der Waals surface area contributed by atoms with Crippen molar-refractivity contribution < 1.29 is 0 Å². The van der Waals surface area contributed by atoms with E-state index in [1.165, 1.54) is 66.8 Å². The average Bonchev–Trinajstić information content (AvgIpc) is 3.71. The van der Waals surface area contributed by atoms with Gasteiger partial charge in [-0.1, -0.05) is 165 Å². The normalized spacial score (nSPS) is 16.0. The van der Waals surface area contributed by atoms with E-state index >= 15 is 0 Å². The van der Waals surface area contributed by atoms with E-state index in [0.717, 1.165) is 29.9 Å². The summed E-state index contributed by atoms with van der Waals surface area (Å²) in [5.41, 5.74) is 20.8. The molecule has 3 aliphatic carbocycles. The molecule has 0 N–H and O–H groups in total. The Kier molecular flexibility index (Phi) is 7.44. The van der Waals surface area contributed by atoms with Crippen molar-refractivity contribution in [2.75, 3.05) is 4.90 Å². The van der Waals surface area contributed by atoms with Gasteiger partial charge in [-0.05, 0) is 116 Å². The van der Waals surface area contributed by atoms with Gasteiger partial charge in [-0.2, -0.15) is 0 Å². The van der Waals surface area contributed by atoms with Crippen molar-refractivity contribution in [1.29, 1.82) is 0 Å². The number of rotatable bonds is 6. The Morgan fingerprint density at radius 1 is 0.491 bits per heavy atom. The van der Waals surface area contributed by atoms with Gasteiger partial charge in [0.15, 0.2) is 0 Å². The minimum absolute atomic E-state index is 0.0976. The van der Waals surface area contributed by atoms with Crippen LogP contribution in [0.3, 0.4) is 0 Å². The molecule has 3 aliphatic rings. The Balaban J connectivity index is 1.15. The fraction of sp³-hybridized carbons (Fsp3) is 0.115. The summed E-state index contributed by atoms with van der Waals surface area (Å²) in [6.45, 7) is 4.73. The van der Waals surface area contributed by atoms with Crippen LogP contribution in [0.15, 0.2) is 188 Å². The van der Waals surface area contributed by atoms with Crippen LogP contribution in [-0.4, -0.2) is 0 Å². The monoisotopic (exact) mass is 679 g/mol. The molecule has 254 valence electrons. The second kappa shape index (κ2) is 12.5. The smallest absolute Gasteiger partial charge is 0.0468 e. The third-order valence-corrected chi connectivity index (χ3v) is 11.9. The van der Waals surface area contributed by atoms with Crippen LogP contribution in [0.5, 0.6) is 0 Å². The van der Waals surface area contributed by atoms with Crippen molar-refractivity contribution in [1.82, 2.24) is 0 Å². The Morgan fingerprint density at radius 3 is 1.91 bits per heavy atom. The molecule has 1 unspecified atom stereocenters. The lowest BCUT2D eigenvalue weighted by Gasteiger charge is -2.29. The molecule has 1 heteroatoms. The van der Waals surface area contributed by atoms with E-state index in [1.807, 2.05) is 0 Å². The van der Waals surface area contributed by atoms with Gasteiger partial charge in [-0.3, -0.25) is 0 Å². The van der Waals surface area contributed by atoms with Crippen molar-refractivity contribution in [3.05, 3.63) is 210 Å². The van der Waals surface area contributed by atoms with Crippen LogP contribution in [0.4, 0.5) is 17.1 Å². The largest absolute Gasteiger partial charge is 0.310 e. The molecule has 0 saturated heterocycles. The first-order valence-corrected chi connectivity index (χ1v) is 18.9. The van der Waals surface area contributed by atoms with Crippen LogP contribution < -0.4 is 4.90 Å². The lowest BCUT2D eigenvalue weighted by atomic mass is 9.82. The molecule has 0 saturated carbocycles. The van der Waals surface area contributed by atoms with Gasteiger partial charge in [0.25, 0.3) is 0 Å². The predicted molar refractivity (Wildman–Crippen MR) is 223 cm³/mol. The fourth-order valence-electron chi connectivity index (χ4n) is 9.24. The maximum atomic E-state index is 2.45.